The van der Waals surface area contributed by atoms with Gasteiger partial charge in [-0.05, 0) is 19.4 Å². The number of ether oxygens (including phenoxy) is 1. The van der Waals surface area contributed by atoms with Gasteiger partial charge < -0.3 is 9.72 Å². The van der Waals surface area contributed by atoms with Gasteiger partial charge in [-0.15, -0.1) is 10.2 Å². The summed E-state index contributed by atoms with van der Waals surface area (Å²) in [4.78, 5) is 32.6. The van der Waals surface area contributed by atoms with Gasteiger partial charge in [0, 0.05) is 16.8 Å². The first-order valence-corrected chi connectivity index (χ1v) is 11.3. The van der Waals surface area contributed by atoms with E-state index in [4.69, 9.17) is 9.72 Å². The second-order valence-corrected chi connectivity index (χ2v) is 8.29. The van der Waals surface area contributed by atoms with Crippen molar-refractivity contribution >= 4 is 23.5 Å². The highest BCUT2D eigenvalue weighted by Crippen LogP contribution is 2.30. The molecular formula is C25H22N4O3S. The van der Waals surface area contributed by atoms with Gasteiger partial charge in [0.1, 0.15) is 11.4 Å². The van der Waals surface area contributed by atoms with Crippen molar-refractivity contribution in [3.8, 4) is 22.5 Å². The van der Waals surface area contributed by atoms with Crippen molar-refractivity contribution < 1.29 is 14.3 Å². The second-order valence-electron chi connectivity index (χ2n) is 7.35. The van der Waals surface area contributed by atoms with E-state index < -0.39 is 5.97 Å². The van der Waals surface area contributed by atoms with E-state index in [9.17, 15) is 9.59 Å². The molecular weight excluding hydrogens is 436 g/mol. The summed E-state index contributed by atoms with van der Waals surface area (Å²) in [7, 11) is 1.32. The van der Waals surface area contributed by atoms with Crippen LogP contribution in [0.1, 0.15) is 32.1 Å². The lowest BCUT2D eigenvalue weighted by Crippen LogP contribution is -2.08. The molecule has 0 fully saturated rings. The van der Waals surface area contributed by atoms with Gasteiger partial charge in [-0.2, -0.15) is 0 Å². The first kappa shape index (κ1) is 22.4. The fourth-order valence-electron chi connectivity index (χ4n) is 3.60. The van der Waals surface area contributed by atoms with Crippen LogP contribution in [0.15, 0.2) is 65.8 Å². The number of benzene rings is 2. The quantitative estimate of drug-likeness (QED) is 0.239. The van der Waals surface area contributed by atoms with Crippen LogP contribution in [-0.2, 0) is 4.74 Å². The summed E-state index contributed by atoms with van der Waals surface area (Å²) in [6, 6.07) is 19.5. The molecule has 0 aliphatic heterocycles. The molecule has 0 radical (unpaired) electrons. The maximum absolute atomic E-state index is 12.9. The fraction of sp³-hybridized carbons (Fsp3) is 0.160. The van der Waals surface area contributed by atoms with E-state index in [0.717, 1.165) is 11.1 Å². The highest BCUT2D eigenvalue weighted by molar-refractivity contribution is 7.99. The molecule has 0 aliphatic carbocycles. The smallest absolute Gasteiger partial charge is 0.339 e. The number of carbonyl (C=O) groups excluding carboxylic acids is 2. The van der Waals surface area contributed by atoms with Crippen LogP contribution >= 0.6 is 11.8 Å². The van der Waals surface area contributed by atoms with Gasteiger partial charge in [0.25, 0.3) is 0 Å². The molecule has 7 nitrogen and oxygen atoms in total. The third kappa shape index (κ3) is 4.70. The molecule has 0 bridgehead atoms. The molecule has 1 N–H and O–H groups in total. The lowest BCUT2D eigenvalue weighted by Gasteiger charge is -2.09. The lowest BCUT2D eigenvalue weighted by atomic mass is 10.0. The predicted octanol–water partition coefficient (Wildman–Crippen LogP) is 4.91. The summed E-state index contributed by atoms with van der Waals surface area (Å²) in [6.45, 7) is 3.47. The number of carbonyl (C=O) groups is 2. The van der Waals surface area contributed by atoms with Crippen LogP contribution in [0.4, 0.5) is 0 Å². The van der Waals surface area contributed by atoms with Crippen molar-refractivity contribution in [2.75, 3.05) is 12.9 Å². The van der Waals surface area contributed by atoms with Gasteiger partial charge in [0.05, 0.1) is 24.1 Å². The minimum absolute atomic E-state index is 0.0992. The van der Waals surface area contributed by atoms with Crippen LogP contribution < -0.4 is 0 Å². The monoisotopic (exact) mass is 458 g/mol. The van der Waals surface area contributed by atoms with Crippen molar-refractivity contribution in [3.63, 3.8) is 0 Å². The number of thioether (sulfide) groups is 1. The van der Waals surface area contributed by atoms with E-state index in [2.05, 4.69) is 15.2 Å². The lowest BCUT2D eigenvalue weighted by molar-refractivity contribution is 0.0599. The molecule has 0 atom stereocenters. The Kier molecular flexibility index (Phi) is 6.65. The van der Waals surface area contributed by atoms with Gasteiger partial charge in [0.15, 0.2) is 5.78 Å². The first-order valence-electron chi connectivity index (χ1n) is 10.3. The molecule has 2 aromatic carbocycles. The molecule has 0 saturated heterocycles. The van der Waals surface area contributed by atoms with Crippen molar-refractivity contribution in [2.24, 2.45) is 0 Å². The number of esters is 1. The van der Waals surface area contributed by atoms with Gasteiger partial charge in [-0.25, -0.2) is 9.78 Å². The van der Waals surface area contributed by atoms with Crippen molar-refractivity contribution in [3.05, 3.63) is 83.2 Å². The molecule has 8 heteroatoms. The van der Waals surface area contributed by atoms with Crippen molar-refractivity contribution in [1.29, 1.82) is 0 Å². The zero-order chi connectivity index (χ0) is 23.4. The van der Waals surface area contributed by atoms with E-state index in [-0.39, 0.29) is 11.5 Å². The van der Waals surface area contributed by atoms with Crippen LogP contribution in [-0.4, -0.2) is 44.8 Å². The number of hydrogen-bond acceptors (Lipinski definition) is 7. The van der Waals surface area contributed by atoms with Crippen molar-refractivity contribution in [2.45, 2.75) is 19.0 Å². The Morgan fingerprint density at radius 3 is 2.12 bits per heavy atom. The number of hydrogen-bond donors (Lipinski definition) is 1. The van der Waals surface area contributed by atoms with Crippen LogP contribution in [0.5, 0.6) is 0 Å². The molecule has 2 heterocycles. The van der Waals surface area contributed by atoms with Crippen LogP contribution in [0.2, 0.25) is 0 Å². The standard InChI is InChI=1S/C25H22N4O3S/c1-15-20(24(31)32-3)16(2)26-21(15)19(30)14-33-25-27-22(17-10-6-4-7-11-17)23(28-29-25)18-12-8-5-9-13-18/h4-13,26H,14H2,1-3H3. The van der Waals surface area contributed by atoms with E-state index in [1.54, 1.807) is 13.8 Å². The maximum atomic E-state index is 12.9. The maximum Gasteiger partial charge on any atom is 0.339 e. The zero-order valence-electron chi connectivity index (χ0n) is 18.5. The van der Waals surface area contributed by atoms with Crippen LogP contribution in [0.25, 0.3) is 22.5 Å². The number of aromatic amines is 1. The van der Waals surface area contributed by atoms with E-state index in [0.29, 0.717) is 39.1 Å². The Morgan fingerprint density at radius 1 is 0.909 bits per heavy atom. The number of rotatable bonds is 7. The fourth-order valence-corrected chi connectivity index (χ4v) is 4.26. The van der Waals surface area contributed by atoms with Crippen LogP contribution in [0.3, 0.4) is 0 Å². The third-order valence-electron chi connectivity index (χ3n) is 5.20. The SMILES string of the molecule is COC(=O)c1c(C)[nH]c(C(=O)CSc2nnc(-c3ccccc3)c(-c3ccccc3)n2)c1C. The van der Waals surface area contributed by atoms with Crippen LogP contribution in [0, 0.1) is 13.8 Å². The van der Waals surface area contributed by atoms with Gasteiger partial charge in [0.2, 0.25) is 5.16 Å². The Labute approximate surface area is 195 Å². The molecule has 166 valence electrons. The Balaban J connectivity index is 1.61. The summed E-state index contributed by atoms with van der Waals surface area (Å²) in [5, 5.41) is 9.09. The Hall–Kier alpha value is -3.78. The number of H-pyrrole nitrogens is 1. The molecule has 2 aromatic heterocycles. The normalized spacial score (nSPS) is 10.8. The largest absolute Gasteiger partial charge is 0.465 e. The highest BCUT2D eigenvalue weighted by atomic mass is 32.2. The summed E-state index contributed by atoms with van der Waals surface area (Å²) in [5.74, 6) is -0.528. The minimum atomic E-state index is -0.468. The molecule has 4 rings (SSSR count). The van der Waals surface area contributed by atoms with E-state index in [1.165, 1.54) is 18.9 Å². The topological polar surface area (TPSA) is 97.8 Å². The van der Waals surface area contributed by atoms with Gasteiger partial charge >= 0.3 is 5.97 Å². The number of nitrogens with zero attached hydrogens (tertiary/aromatic N) is 3. The third-order valence-corrected chi connectivity index (χ3v) is 6.04. The molecule has 0 saturated carbocycles. The summed E-state index contributed by atoms with van der Waals surface area (Å²) >= 11 is 1.20. The molecule has 4 aromatic rings. The first-order chi connectivity index (χ1) is 16.0. The summed E-state index contributed by atoms with van der Waals surface area (Å²) < 4.78 is 4.82. The number of methoxy groups -OCH3 is 1. The minimum Gasteiger partial charge on any atom is -0.465 e. The highest BCUT2D eigenvalue weighted by Gasteiger charge is 2.23. The average molecular weight is 459 g/mol. The summed E-state index contributed by atoms with van der Waals surface area (Å²) in [6.07, 6.45) is 0. The average Bonchev–Trinajstić information content (AvgIpc) is 3.16. The zero-order valence-corrected chi connectivity index (χ0v) is 19.3. The summed E-state index contributed by atoms with van der Waals surface area (Å²) in [5.41, 5.74) is 5.16. The van der Waals surface area contributed by atoms with Crippen molar-refractivity contribution in [1.82, 2.24) is 20.2 Å². The number of aromatic nitrogens is 4. The molecule has 0 spiro atoms. The van der Waals surface area contributed by atoms with Gasteiger partial charge in [-0.1, -0.05) is 72.4 Å². The Morgan fingerprint density at radius 2 is 1.52 bits per heavy atom. The molecule has 33 heavy (non-hydrogen) atoms. The molecule has 0 amide bonds. The Bertz CT molecular complexity index is 1300. The number of aryl methyl sites for hydroxylation is 1. The molecule has 0 unspecified atom stereocenters. The predicted molar refractivity (Wildman–Crippen MR) is 127 cm³/mol. The number of nitrogens with one attached hydrogen (secondary N) is 1. The molecule has 0 aliphatic rings. The van der Waals surface area contributed by atoms with Gasteiger partial charge in [-0.3, -0.25) is 4.79 Å². The van der Waals surface area contributed by atoms with E-state index >= 15 is 0 Å². The second kappa shape index (κ2) is 9.79. The number of ketones is 1. The van der Waals surface area contributed by atoms with E-state index in [1.807, 2.05) is 60.7 Å². The number of Topliss-reactive ketones (excluding diaryl/α,β-unsaturated/α-hetero) is 1.